The zero-order valence-corrected chi connectivity index (χ0v) is 25.2. The summed E-state index contributed by atoms with van der Waals surface area (Å²) in [6.07, 6.45) is 0. The summed E-state index contributed by atoms with van der Waals surface area (Å²) >= 11 is 0. The van der Waals surface area contributed by atoms with Gasteiger partial charge >= 0.3 is 0 Å². The highest BCUT2D eigenvalue weighted by Gasteiger charge is 2.16. The van der Waals surface area contributed by atoms with Gasteiger partial charge in [-0.1, -0.05) is 84.9 Å². The minimum atomic E-state index is 0.895. The molecule has 10 aromatic rings. The van der Waals surface area contributed by atoms with Crippen LogP contribution in [-0.4, -0.2) is 9.13 Å². The van der Waals surface area contributed by atoms with Crippen molar-refractivity contribution in [3.63, 3.8) is 0 Å². The van der Waals surface area contributed by atoms with Gasteiger partial charge in [-0.15, -0.1) is 0 Å². The van der Waals surface area contributed by atoms with Gasteiger partial charge in [0.2, 0.25) is 0 Å². The molecule has 0 spiro atoms. The summed E-state index contributed by atoms with van der Waals surface area (Å²) in [6, 6.07) is 54.6. The smallest absolute Gasteiger partial charge is 0.135 e. The summed E-state index contributed by atoms with van der Waals surface area (Å²) in [6.45, 7) is 2.20. The van der Waals surface area contributed by atoms with Gasteiger partial charge in [0.25, 0.3) is 0 Å². The summed E-state index contributed by atoms with van der Waals surface area (Å²) in [5.74, 6) is 0. The molecule has 0 aliphatic heterocycles. The van der Waals surface area contributed by atoms with Crippen molar-refractivity contribution in [2.75, 3.05) is 0 Å². The van der Waals surface area contributed by atoms with Crippen LogP contribution in [0.5, 0.6) is 0 Å². The van der Waals surface area contributed by atoms with E-state index in [1.165, 1.54) is 54.7 Å². The van der Waals surface area contributed by atoms with Crippen molar-refractivity contribution in [2.45, 2.75) is 6.92 Å². The van der Waals surface area contributed by atoms with Crippen molar-refractivity contribution in [3.8, 4) is 22.5 Å². The Labute approximate surface area is 265 Å². The molecule has 0 amide bonds. The topological polar surface area (TPSA) is 23.0 Å². The first kappa shape index (κ1) is 25.3. The Morgan fingerprint density at radius 2 is 0.935 bits per heavy atom. The number of nitrogens with zero attached hydrogens (tertiary/aromatic N) is 2. The van der Waals surface area contributed by atoms with E-state index in [1.54, 1.807) is 0 Å². The van der Waals surface area contributed by atoms with Crippen LogP contribution in [0.1, 0.15) is 5.56 Å². The fourth-order valence-corrected chi connectivity index (χ4v) is 7.59. The highest BCUT2D eigenvalue weighted by Crippen LogP contribution is 2.38. The first-order chi connectivity index (χ1) is 22.7. The van der Waals surface area contributed by atoms with Gasteiger partial charge in [-0.2, -0.15) is 0 Å². The fourth-order valence-electron chi connectivity index (χ4n) is 7.59. The van der Waals surface area contributed by atoms with E-state index >= 15 is 0 Å². The van der Waals surface area contributed by atoms with E-state index in [9.17, 15) is 0 Å². The Morgan fingerprint density at radius 1 is 0.391 bits per heavy atom. The monoisotopic (exact) mass is 588 g/mol. The molecule has 0 bridgehead atoms. The van der Waals surface area contributed by atoms with Crippen molar-refractivity contribution < 1.29 is 4.42 Å². The number of hydrogen-bond acceptors (Lipinski definition) is 1. The molecule has 46 heavy (non-hydrogen) atoms. The maximum absolute atomic E-state index is 6.37. The second kappa shape index (κ2) is 9.47. The number of para-hydroxylation sites is 3. The SMILES string of the molecule is Cc1cccc2c1c1ccccc1n2-c1cccc(-c2ccc3oc4ccc(-n5c6ccccc6c6ccccc65)cc4c3c2)c1. The van der Waals surface area contributed by atoms with Gasteiger partial charge in [0.1, 0.15) is 11.2 Å². The third kappa shape index (κ3) is 3.54. The molecule has 0 radical (unpaired) electrons. The van der Waals surface area contributed by atoms with E-state index in [1.807, 2.05) is 0 Å². The number of fused-ring (bicyclic) bond motifs is 9. The largest absolute Gasteiger partial charge is 0.456 e. The van der Waals surface area contributed by atoms with Gasteiger partial charge < -0.3 is 13.6 Å². The second-order valence-corrected chi connectivity index (χ2v) is 12.2. The summed E-state index contributed by atoms with van der Waals surface area (Å²) in [5.41, 5.74) is 12.6. The number of aryl methyl sites for hydroxylation is 1. The van der Waals surface area contributed by atoms with Gasteiger partial charge in [-0.3, -0.25) is 0 Å². The van der Waals surface area contributed by atoms with Gasteiger partial charge in [0, 0.05) is 43.7 Å². The van der Waals surface area contributed by atoms with Gasteiger partial charge in [-0.25, -0.2) is 0 Å². The predicted molar refractivity (Wildman–Crippen MR) is 193 cm³/mol. The fraction of sp³-hybridized carbons (Fsp3) is 0.0233. The molecule has 0 unspecified atom stereocenters. The van der Waals surface area contributed by atoms with Crippen LogP contribution in [0.3, 0.4) is 0 Å². The molecule has 7 aromatic carbocycles. The molecule has 0 aliphatic carbocycles. The molecular weight excluding hydrogens is 560 g/mol. The summed E-state index contributed by atoms with van der Waals surface area (Å²) in [4.78, 5) is 0. The molecule has 0 atom stereocenters. The van der Waals surface area contributed by atoms with E-state index in [0.717, 1.165) is 38.9 Å². The molecule has 0 aliphatic rings. The van der Waals surface area contributed by atoms with Crippen LogP contribution in [0.25, 0.3) is 88.1 Å². The Kier molecular flexibility index (Phi) is 5.20. The zero-order valence-electron chi connectivity index (χ0n) is 25.2. The minimum Gasteiger partial charge on any atom is -0.456 e. The minimum absolute atomic E-state index is 0.895. The normalized spacial score (nSPS) is 12.0. The number of hydrogen-bond donors (Lipinski definition) is 0. The maximum Gasteiger partial charge on any atom is 0.135 e. The molecule has 3 heteroatoms. The number of aromatic nitrogens is 2. The van der Waals surface area contributed by atoms with Crippen LogP contribution in [0, 0.1) is 6.92 Å². The lowest BCUT2D eigenvalue weighted by Crippen LogP contribution is -1.94. The second-order valence-electron chi connectivity index (χ2n) is 12.2. The van der Waals surface area contributed by atoms with Gasteiger partial charge in [-0.05, 0) is 90.3 Å². The van der Waals surface area contributed by atoms with Crippen LogP contribution < -0.4 is 0 Å². The van der Waals surface area contributed by atoms with E-state index in [4.69, 9.17) is 4.42 Å². The average molecular weight is 589 g/mol. The van der Waals surface area contributed by atoms with Crippen molar-refractivity contribution in [2.24, 2.45) is 0 Å². The third-order valence-electron chi connectivity index (χ3n) is 9.63. The summed E-state index contributed by atoms with van der Waals surface area (Å²) in [7, 11) is 0. The van der Waals surface area contributed by atoms with Crippen LogP contribution in [0.2, 0.25) is 0 Å². The van der Waals surface area contributed by atoms with Gasteiger partial charge in [0.05, 0.1) is 22.1 Å². The number of furan rings is 1. The Bertz CT molecular complexity index is 2770. The van der Waals surface area contributed by atoms with Crippen LogP contribution >= 0.6 is 0 Å². The van der Waals surface area contributed by atoms with Crippen molar-refractivity contribution in [1.29, 1.82) is 0 Å². The Morgan fingerprint density at radius 3 is 1.70 bits per heavy atom. The Balaban J connectivity index is 1.15. The molecule has 0 N–H and O–H groups in total. The Hall–Kier alpha value is -6.06. The standard InChI is InChI=1S/C43H28N2O/c1-27-10-8-19-40-43(27)34-15-4-7-18-39(34)45(40)30-12-9-11-28(24-30)29-20-22-41-35(25-29)36-26-31(21-23-42(36)46-41)44-37-16-5-2-13-32(37)33-14-3-6-17-38(33)44/h2-26H,1H3. The van der Waals surface area contributed by atoms with Crippen LogP contribution in [-0.2, 0) is 0 Å². The molecule has 10 rings (SSSR count). The van der Waals surface area contributed by atoms with E-state index in [0.29, 0.717) is 0 Å². The van der Waals surface area contributed by atoms with Crippen molar-refractivity contribution >= 4 is 65.6 Å². The quantitative estimate of drug-likeness (QED) is 0.201. The third-order valence-corrected chi connectivity index (χ3v) is 9.63. The van der Waals surface area contributed by atoms with Gasteiger partial charge in [0.15, 0.2) is 0 Å². The number of benzene rings is 7. The highest BCUT2D eigenvalue weighted by atomic mass is 16.3. The molecule has 0 fully saturated rings. The summed E-state index contributed by atoms with van der Waals surface area (Å²) < 4.78 is 11.1. The van der Waals surface area contributed by atoms with E-state index in [2.05, 4.69) is 168 Å². The molecule has 3 aromatic heterocycles. The first-order valence-corrected chi connectivity index (χ1v) is 15.8. The molecular formula is C43H28N2O. The highest BCUT2D eigenvalue weighted by molar-refractivity contribution is 6.12. The predicted octanol–water partition coefficient (Wildman–Crippen LogP) is 11.8. The lowest BCUT2D eigenvalue weighted by atomic mass is 10.0. The molecule has 0 saturated heterocycles. The lowest BCUT2D eigenvalue weighted by Gasteiger charge is -2.11. The maximum atomic E-state index is 6.37. The molecule has 3 heterocycles. The van der Waals surface area contributed by atoms with Crippen molar-refractivity contribution in [1.82, 2.24) is 9.13 Å². The average Bonchev–Trinajstić information content (AvgIpc) is 3.76. The lowest BCUT2D eigenvalue weighted by molar-refractivity contribution is 0.669. The van der Waals surface area contributed by atoms with Crippen LogP contribution in [0.4, 0.5) is 0 Å². The zero-order chi connectivity index (χ0) is 30.4. The van der Waals surface area contributed by atoms with E-state index < -0.39 is 0 Å². The number of rotatable bonds is 3. The molecule has 216 valence electrons. The first-order valence-electron chi connectivity index (χ1n) is 15.8. The van der Waals surface area contributed by atoms with Crippen LogP contribution in [0.15, 0.2) is 156 Å². The summed E-state index contributed by atoms with van der Waals surface area (Å²) in [5, 5.41) is 7.35. The van der Waals surface area contributed by atoms with E-state index in [-0.39, 0.29) is 0 Å². The molecule has 0 saturated carbocycles. The molecule has 3 nitrogen and oxygen atoms in total. The van der Waals surface area contributed by atoms with Crippen molar-refractivity contribution in [3.05, 3.63) is 157 Å².